The van der Waals surface area contributed by atoms with Gasteiger partial charge >= 0.3 is 0 Å². The number of nitrogens with two attached hydrogens (primary N) is 1. The van der Waals surface area contributed by atoms with Crippen molar-refractivity contribution in [2.24, 2.45) is 11.7 Å². The van der Waals surface area contributed by atoms with E-state index in [1.165, 1.54) is 29.0 Å². The molecule has 1 saturated heterocycles. The predicted octanol–water partition coefficient (Wildman–Crippen LogP) is 4.87. The molecule has 2 aliphatic rings. The van der Waals surface area contributed by atoms with Gasteiger partial charge in [0.15, 0.2) is 11.6 Å². The van der Waals surface area contributed by atoms with Gasteiger partial charge in [0.25, 0.3) is 5.56 Å². The molecule has 1 aliphatic carbocycles. The summed E-state index contributed by atoms with van der Waals surface area (Å²) in [7, 11) is 0. The van der Waals surface area contributed by atoms with Gasteiger partial charge in [0.1, 0.15) is 16.4 Å². The van der Waals surface area contributed by atoms with Crippen LogP contribution in [0.1, 0.15) is 41.1 Å². The Morgan fingerprint density at radius 1 is 1.10 bits per heavy atom. The zero-order chi connectivity index (χ0) is 29.2. The maximum Gasteiger partial charge on any atom is 0.274 e. The minimum Gasteiger partial charge on any atom is -0.385 e. The molecule has 3 aromatic heterocycles. The van der Waals surface area contributed by atoms with Crippen LogP contribution < -0.4 is 16.2 Å². The van der Waals surface area contributed by atoms with Crippen LogP contribution in [0.5, 0.6) is 0 Å². The zero-order valence-electron chi connectivity index (χ0n) is 22.9. The van der Waals surface area contributed by atoms with Crippen LogP contribution in [0.15, 0.2) is 59.7 Å². The number of β-amino-alcohol motifs (C(OH)–C–C–N with tert-alkyl or cyclic N) is 1. The number of halogens is 3. The van der Waals surface area contributed by atoms with E-state index in [4.69, 9.17) is 17.3 Å². The highest BCUT2D eigenvalue weighted by molar-refractivity contribution is 6.31. The van der Waals surface area contributed by atoms with Crippen molar-refractivity contribution < 1.29 is 13.9 Å². The number of aromatic nitrogens is 3. The summed E-state index contributed by atoms with van der Waals surface area (Å²) >= 11 is 6.73. The van der Waals surface area contributed by atoms with Gasteiger partial charge in [0.05, 0.1) is 24.5 Å². The van der Waals surface area contributed by atoms with Gasteiger partial charge in [-0.3, -0.25) is 14.3 Å². The topological polar surface area (TPSA) is 97.3 Å². The highest BCUT2D eigenvalue weighted by Gasteiger charge is 2.49. The molecular formula is C31H30ClF2N5O2. The molecule has 4 heterocycles. The molecule has 1 saturated carbocycles. The van der Waals surface area contributed by atoms with E-state index in [0.717, 1.165) is 16.7 Å². The lowest BCUT2D eigenvalue weighted by atomic mass is 9.94. The lowest BCUT2D eigenvalue weighted by molar-refractivity contribution is 0.0200. The lowest BCUT2D eigenvalue weighted by Gasteiger charge is -2.46. The van der Waals surface area contributed by atoms with Crippen molar-refractivity contribution in [2.45, 2.75) is 38.2 Å². The fraction of sp³-hybridized carbons (Fsp3) is 0.323. The Kier molecular flexibility index (Phi) is 6.71. The van der Waals surface area contributed by atoms with Gasteiger partial charge in [0.2, 0.25) is 0 Å². The first-order chi connectivity index (χ1) is 19.5. The molecule has 6 rings (SSSR count). The third-order valence-electron chi connectivity index (χ3n) is 8.47. The predicted molar refractivity (Wildman–Crippen MR) is 155 cm³/mol. The highest BCUT2D eigenvalue weighted by atomic mass is 35.5. The summed E-state index contributed by atoms with van der Waals surface area (Å²) < 4.78 is 30.7. The van der Waals surface area contributed by atoms with Gasteiger partial charge in [-0.15, -0.1) is 0 Å². The quantitative estimate of drug-likeness (QED) is 0.339. The minimum atomic E-state index is -1.05. The van der Waals surface area contributed by atoms with Crippen molar-refractivity contribution in [2.75, 3.05) is 24.5 Å². The fourth-order valence-electron chi connectivity index (χ4n) is 6.11. The maximum absolute atomic E-state index is 15.7. The first kappa shape index (κ1) is 27.5. The van der Waals surface area contributed by atoms with Gasteiger partial charge in [-0.1, -0.05) is 30.7 Å². The lowest BCUT2D eigenvalue weighted by Crippen LogP contribution is -2.66. The van der Waals surface area contributed by atoms with E-state index in [1.807, 2.05) is 19.9 Å². The van der Waals surface area contributed by atoms with E-state index in [9.17, 15) is 14.3 Å². The standard InChI is InChI=1S/C31H30ClF2N5O2/c1-16-12-37-23(21-8-9-36-29(28(21)34)38-14-31(41,13-35)15-38)11-24(16)39-17(2)10-22(27(32)30(39)40)26-18(3)25(26)19-4-6-20(33)7-5-19/h4-12,18,25-26,41H,13-15,35H2,1-3H3/t18-,25?,26?/m1/s1. The van der Waals surface area contributed by atoms with Crippen LogP contribution in [0.4, 0.5) is 14.6 Å². The van der Waals surface area contributed by atoms with Crippen LogP contribution >= 0.6 is 11.6 Å². The van der Waals surface area contributed by atoms with Crippen molar-refractivity contribution >= 4 is 17.4 Å². The molecule has 41 heavy (non-hydrogen) atoms. The van der Waals surface area contributed by atoms with Crippen molar-refractivity contribution in [3.8, 4) is 16.9 Å². The molecule has 1 aromatic carbocycles. The summed E-state index contributed by atoms with van der Waals surface area (Å²) in [6.45, 7) is 6.22. The van der Waals surface area contributed by atoms with E-state index in [1.54, 1.807) is 29.3 Å². The van der Waals surface area contributed by atoms with Crippen molar-refractivity contribution in [3.63, 3.8) is 0 Å². The molecular weight excluding hydrogens is 548 g/mol. The Morgan fingerprint density at radius 2 is 1.80 bits per heavy atom. The van der Waals surface area contributed by atoms with Crippen molar-refractivity contribution in [1.29, 1.82) is 0 Å². The average Bonchev–Trinajstić information content (AvgIpc) is 3.60. The van der Waals surface area contributed by atoms with E-state index in [-0.39, 0.29) is 65.2 Å². The number of benzene rings is 1. The molecule has 0 amide bonds. The Hall–Kier alpha value is -3.66. The molecule has 10 heteroatoms. The molecule has 1 aliphatic heterocycles. The van der Waals surface area contributed by atoms with Crippen LogP contribution in [0, 0.1) is 31.4 Å². The van der Waals surface area contributed by atoms with Crippen LogP contribution in [-0.4, -0.2) is 44.9 Å². The number of hydrogen-bond acceptors (Lipinski definition) is 6. The highest BCUT2D eigenvalue weighted by Crippen LogP contribution is 2.61. The van der Waals surface area contributed by atoms with Gasteiger partial charge in [-0.05, 0) is 78.6 Å². The number of aryl methyl sites for hydroxylation is 2. The summed E-state index contributed by atoms with van der Waals surface area (Å²) in [4.78, 5) is 24.0. The first-order valence-electron chi connectivity index (χ1n) is 13.5. The average molecular weight is 578 g/mol. The Bertz CT molecular complexity index is 1720. The van der Waals surface area contributed by atoms with E-state index >= 15 is 4.39 Å². The second-order valence-corrected chi connectivity index (χ2v) is 11.7. The largest absolute Gasteiger partial charge is 0.385 e. The smallest absolute Gasteiger partial charge is 0.274 e. The third kappa shape index (κ3) is 4.62. The number of nitrogens with zero attached hydrogens (tertiary/aromatic N) is 4. The summed E-state index contributed by atoms with van der Waals surface area (Å²) in [6.07, 6.45) is 3.09. The Balaban J connectivity index is 1.36. The van der Waals surface area contributed by atoms with E-state index in [0.29, 0.717) is 17.1 Å². The van der Waals surface area contributed by atoms with Crippen LogP contribution in [-0.2, 0) is 0 Å². The zero-order valence-corrected chi connectivity index (χ0v) is 23.7. The van der Waals surface area contributed by atoms with Crippen LogP contribution in [0.3, 0.4) is 0 Å². The second-order valence-electron chi connectivity index (χ2n) is 11.3. The maximum atomic E-state index is 15.7. The van der Waals surface area contributed by atoms with E-state index in [2.05, 4.69) is 16.9 Å². The monoisotopic (exact) mass is 577 g/mol. The molecule has 0 bridgehead atoms. The molecule has 2 unspecified atom stereocenters. The molecule has 0 radical (unpaired) electrons. The van der Waals surface area contributed by atoms with Gasteiger partial charge in [-0.25, -0.2) is 13.8 Å². The van der Waals surface area contributed by atoms with Gasteiger partial charge in [-0.2, -0.15) is 0 Å². The van der Waals surface area contributed by atoms with Crippen molar-refractivity contribution in [3.05, 3.63) is 104 Å². The van der Waals surface area contributed by atoms with Crippen molar-refractivity contribution in [1.82, 2.24) is 14.5 Å². The fourth-order valence-corrected chi connectivity index (χ4v) is 6.37. The Morgan fingerprint density at radius 3 is 2.49 bits per heavy atom. The summed E-state index contributed by atoms with van der Waals surface area (Å²) in [6, 6.07) is 11.6. The summed E-state index contributed by atoms with van der Waals surface area (Å²) in [5.74, 6) is -0.304. The Labute approximate surface area is 241 Å². The molecule has 2 fully saturated rings. The number of anilines is 1. The van der Waals surface area contributed by atoms with Crippen LogP contribution in [0.25, 0.3) is 16.9 Å². The molecule has 212 valence electrons. The van der Waals surface area contributed by atoms with E-state index < -0.39 is 11.4 Å². The second kappa shape index (κ2) is 10.0. The summed E-state index contributed by atoms with van der Waals surface area (Å²) in [5, 5.41) is 10.4. The molecule has 7 nitrogen and oxygen atoms in total. The summed E-state index contributed by atoms with van der Waals surface area (Å²) in [5.41, 5.74) is 8.49. The molecule has 3 atom stereocenters. The van der Waals surface area contributed by atoms with Gasteiger partial charge in [0, 0.05) is 30.2 Å². The third-order valence-corrected chi connectivity index (χ3v) is 8.85. The minimum absolute atomic E-state index is 0.0471. The van der Waals surface area contributed by atoms with Crippen LogP contribution in [0.2, 0.25) is 5.02 Å². The SMILES string of the molecule is Cc1cnc(-c2ccnc(N3CC(O)(CN)C3)c2F)cc1-n1c(C)cc(C2C(c3ccc(F)cc3)[C@H]2C)c(Cl)c1=O. The molecule has 3 N–H and O–H groups in total. The normalized spacial score (nSPS) is 21.1. The number of aliphatic hydroxyl groups is 1. The van der Waals surface area contributed by atoms with Gasteiger partial charge < -0.3 is 15.7 Å². The number of rotatable bonds is 6. The molecule has 4 aromatic rings. The first-order valence-corrected chi connectivity index (χ1v) is 13.9. The molecule has 0 spiro atoms. The number of hydrogen-bond donors (Lipinski definition) is 2. The number of pyridine rings is 3.